The van der Waals surface area contributed by atoms with Gasteiger partial charge < -0.3 is 19.9 Å². The van der Waals surface area contributed by atoms with Gasteiger partial charge in [0.15, 0.2) is 0 Å². The van der Waals surface area contributed by atoms with Gasteiger partial charge in [0.1, 0.15) is 5.54 Å². The van der Waals surface area contributed by atoms with E-state index in [2.05, 4.69) is 51.3 Å². The zero-order valence-corrected chi connectivity index (χ0v) is 28.0. The largest absolute Gasteiger partial charge is 0.504 e. The zero-order chi connectivity index (χ0) is 32.5. The number of nitrogens with zero attached hydrogens (tertiary/aromatic N) is 2. The molecule has 1 aromatic heterocycles. The van der Waals surface area contributed by atoms with Crippen LogP contribution in [0.4, 0.5) is 5.69 Å². The molecule has 46 heavy (non-hydrogen) atoms. The Morgan fingerprint density at radius 3 is 2.72 bits per heavy atom. The summed E-state index contributed by atoms with van der Waals surface area (Å²) in [5.41, 5.74) is 5.85. The summed E-state index contributed by atoms with van der Waals surface area (Å²) in [6.45, 7) is 2.53. The van der Waals surface area contributed by atoms with Gasteiger partial charge in [0.2, 0.25) is 6.41 Å². The lowest BCUT2D eigenvalue weighted by Gasteiger charge is -2.42. The topological polar surface area (TPSA) is 80.2 Å². The lowest BCUT2D eigenvalue weighted by molar-refractivity contribution is -0.105. The minimum absolute atomic E-state index is 0.153. The molecule has 1 saturated carbocycles. The lowest BCUT2D eigenvalue weighted by Crippen LogP contribution is -2.57. The Morgan fingerprint density at radius 1 is 1.22 bits per heavy atom. The minimum Gasteiger partial charge on any atom is -0.504 e. The number of ether oxygens (including phenoxy) is 1. The van der Waals surface area contributed by atoms with Gasteiger partial charge in [-0.25, -0.2) is 4.98 Å². The number of hydrogen-bond acceptors (Lipinski definition) is 5. The number of anilines is 1. The van der Waals surface area contributed by atoms with Crippen LogP contribution in [0.1, 0.15) is 55.0 Å². The number of hydrogen-bond donors (Lipinski definition) is 3. The molecule has 1 amide bonds. The van der Waals surface area contributed by atoms with E-state index in [1.54, 1.807) is 13.4 Å². The predicted molar refractivity (Wildman–Crippen MR) is 189 cm³/mol. The van der Waals surface area contributed by atoms with Crippen molar-refractivity contribution in [2.45, 2.75) is 44.2 Å². The van der Waals surface area contributed by atoms with Crippen LogP contribution in [0.5, 0.6) is 0 Å². The summed E-state index contributed by atoms with van der Waals surface area (Å²) in [6, 6.07) is 14.0. The van der Waals surface area contributed by atoms with E-state index in [-0.39, 0.29) is 6.04 Å². The molecule has 1 aliphatic carbocycles. The number of aryl methyl sites for hydroxylation is 1. The van der Waals surface area contributed by atoms with E-state index in [4.69, 9.17) is 27.9 Å². The van der Waals surface area contributed by atoms with Crippen LogP contribution in [0.15, 0.2) is 108 Å². The smallest absolute Gasteiger partial charge is 0.211 e. The van der Waals surface area contributed by atoms with Gasteiger partial charge >= 0.3 is 0 Å². The van der Waals surface area contributed by atoms with Crippen LogP contribution >= 0.6 is 23.2 Å². The number of methoxy groups -OCH3 is 1. The SMILES string of the molecule is C\C=C/C(=C\C=C\OC)CNC(c1ccc(NC=O)c(/C(=C\CC2CC2)c2cccc(Cl)c2)c1)(c1cncn1C)C1CC=C(Cl)N1. The molecular weight excluding hydrogens is 617 g/mol. The average Bonchev–Trinajstić information content (AvgIpc) is 3.62. The number of allylic oxidation sites excluding steroid dienone is 4. The second kappa shape index (κ2) is 15.5. The summed E-state index contributed by atoms with van der Waals surface area (Å²) in [7, 11) is 3.63. The summed E-state index contributed by atoms with van der Waals surface area (Å²) in [5, 5.41) is 11.7. The number of halogens is 2. The molecule has 0 radical (unpaired) electrons. The number of imidazole rings is 1. The molecule has 2 aliphatic rings. The fourth-order valence-corrected chi connectivity index (χ4v) is 6.53. The molecule has 3 N–H and O–H groups in total. The van der Waals surface area contributed by atoms with Crippen LogP contribution in [0, 0.1) is 5.92 Å². The average molecular weight is 659 g/mol. The van der Waals surface area contributed by atoms with E-state index in [0.717, 1.165) is 52.0 Å². The highest BCUT2D eigenvalue weighted by Gasteiger charge is 2.45. The predicted octanol–water partition coefficient (Wildman–Crippen LogP) is 7.81. The lowest BCUT2D eigenvalue weighted by atomic mass is 9.77. The number of benzene rings is 2. The van der Waals surface area contributed by atoms with Crippen molar-refractivity contribution in [1.29, 1.82) is 0 Å². The van der Waals surface area contributed by atoms with Gasteiger partial charge in [-0.05, 0) is 97.2 Å². The molecule has 5 rings (SSSR count). The molecule has 2 atom stereocenters. The Labute approximate surface area is 281 Å². The van der Waals surface area contributed by atoms with Crippen LogP contribution in [-0.2, 0) is 22.1 Å². The van der Waals surface area contributed by atoms with Crippen LogP contribution in [0.2, 0.25) is 5.02 Å². The molecule has 2 unspecified atom stereocenters. The minimum atomic E-state index is -0.797. The van der Waals surface area contributed by atoms with Gasteiger partial charge in [0.05, 0.1) is 42.8 Å². The molecule has 240 valence electrons. The van der Waals surface area contributed by atoms with Crippen molar-refractivity contribution >= 4 is 40.9 Å². The van der Waals surface area contributed by atoms with E-state index in [0.29, 0.717) is 29.1 Å². The molecule has 0 bridgehead atoms. The maximum absolute atomic E-state index is 11.9. The number of aromatic nitrogens is 2. The summed E-state index contributed by atoms with van der Waals surface area (Å²) >= 11 is 13.1. The van der Waals surface area contributed by atoms with Crippen LogP contribution in [0.25, 0.3) is 5.57 Å². The molecule has 0 saturated heterocycles. The normalized spacial score (nSPS) is 18.5. The highest BCUT2D eigenvalue weighted by atomic mass is 35.5. The van der Waals surface area contributed by atoms with Gasteiger partial charge in [-0.15, -0.1) is 0 Å². The molecule has 1 fully saturated rings. The Bertz CT molecular complexity index is 1680. The van der Waals surface area contributed by atoms with E-state index in [1.807, 2.05) is 79.6 Å². The van der Waals surface area contributed by atoms with Crippen LogP contribution < -0.4 is 16.0 Å². The van der Waals surface area contributed by atoms with Crippen LogP contribution in [-0.4, -0.2) is 35.7 Å². The molecular formula is C37H41Cl2N5O2. The fraction of sp³-hybridized carbons (Fsp3) is 0.297. The van der Waals surface area contributed by atoms with E-state index in [1.165, 1.54) is 12.8 Å². The third-order valence-electron chi connectivity index (χ3n) is 8.53. The van der Waals surface area contributed by atoms with Gasteiger partial charge in [0.25, 0.3) is 0 Å². The molecule has 2 aromatic carbocycles. The molecule has 9 heteroatoms. The first-order valence-electron chi connectivity index (χ1n) is 15.6. The first-order chi connectivity index (χ1) is 22.4. The van der Waals surface area contributed by atoms with Gasteiger partial charge in [-0.1, -0.05) is 65.7 Å². The van der Waals surface area contributed by atoms with Crippen molar-refractivity contribution < 1.29 is 9.53 Å². The summed E-state index contributed by atoms with van der Waals surface area (Å²) < 4.78 is 7.19. The Morgan fingerprint density at radius 2 is 2.07 bits per heavy atom. The van der Waals surface area contributed by atoms with Gasteiger partial charge in [-0.2, -0.15) is 0 Å². The summed E-state index contributed by atoms with van der Waals surface area (Å²) in [4.78, 5) is 16.4. The first kappa shape index (κ1) is 33.3. The first-order valence-corrected chi connectivity index (χ1v) is 16.3. The standard InChI is InChI=1S/C37H41Cl2N5O2/c1-4-7-27(8-6-19-46-3)22-42-37(34-17-18-36(39)43-34,35-23-40-24-44(35)2)29-14-16-33(41-25-45)32(21-29)31(15-13-26-11-12-26)28-9-5-10-30(38)20-28/h4-10,14-16,18-21,23-26,34,42-43H,11-13,17,22H2,1-3H3,(H,41,45)/b7-4-,19-6+,27-8+,31-15-. The molecule has 3 aromatic rings. The van der Waals surface area contributed by atoms with Gasteiger partial charge in [0, 0.05) is 29.9 Å². The van der Waals surface area contributed by atoms with Crippen molar-refractivity contribution in [3.63, 3.8) is 0 Å². The van der Waals surface area contributed by atoms with E-state index >= 15 is 0 Å². The summed E-state index contributed by atoms with van der Waals surface area (Å²) in [5.74, 6) is 0.676. The second-order valence-corrected chi connectivity index (χ2v) is 12.5. The third-order valence-corrected chi connectivity index (χ3v) is 9.03. The maximum atomic E-state index is 11.9. The van der Waals surface area contributed by atoms with Crippen molar-refractivity contribution in [2.24, 2.45) is 13.0 Å². The maximum Gasteiger partial charge on any atom is 0.211 e. The van der Waals surface area contributed by atoms with Crippen molar-refractivity contribution in [3.8, 4) is 0 Å². The highest BCUT2D eigenvalue weighted by Crippen LogP contribution is 2.42. The van der Waals surface area contributed by atoms with Crippen molar-refractivity contribution in [3.05, 3.63) is 136 Å². The fourth-order valence-electron chi connectivity index (χ4n) is 6.12. The van der Waals surface area contributed by atoms with E-state index in [9.17, 15) is 4.79 Å². The van der Waals surface area contributed by atoms with Gasteiger partial charge in [-0.3, -0.25) is 10.1 Å². The number of carbonyl (C=O) groups is 1. The number of carbonyl (C=O) groups excluding carboxylic acids is 1. The van der Waals surface area contributed by atoms with Crippen molar-refractivity contribution in [2.75, 3.05) is 19.0 Å². The third kappa shape index (κ3) is 7.66. The number of rotatable bonds is 15. The Hall–Kier alpha value is -4.04. The monoisotopic (exact) mass is 657 g/mol. The molecule has 7 nitrogen and oxygen atoms in total. The quantitative estimate of drug-likeness (QED) is 0.0672. The Kier molecular flexibility index (Phi) is 11.2. The van der Waals surface area contributed by atoms with E-state index < -0.39 is 5.54 Å². The second-order valence-electron chi connectivity index (χ2n) is 11.7. The molecule has 0 spiro atoms. The van der Waals surface area contributed by atoms with Crippen LogP contribution in [0.3, 0.4) is 0 Å². The summed E-state index contributed by atoms with van der Waals surface area (Å²) in [6.07, 6.45) is 22.5. The number of nitrogens with one attached hydrogen (secondary N) is 3. The van der Waals surface area contributed by atoms with Crippen molar-refractivity contribution in [1.82, 2.24) is 20.2 Å². The Balaban J connectivity index is 1.73. The molecule has 2 heterocycles. The number of amides is 1. The highest BCUT2D eigenvalue weighted by molar-refractivity contribution is 6.30. The molecule has 1 aliphatic heterocycles. The zero-order valence-electron chi connectivity index (χ0n) is 26.5.